The quantitative estimate of drug-likeness (QED) is 0.146. The molecule has 0 saturated carbocycles. The van der Waals surface area contributed by atoms with Crippen LogP contribution in [0.5, 0.6) is 0 Å². The maximum atomic E-state index is 12.4. The maximum Gasteiger partial charge on any atom is 0.338 e. The van der Waals surface area contributed by atoms with E-state index in [1.54, 1.807) is 97.1 Å². The van der Waals surface area contributed by atoms with Gasteiger partial charge in [-0.2, -0.15) is 0 Å². The van der Waals surface area contributed by atoms with Gasteiger partial charge in [-0.1, -0.05) is 80.4 Å². The van der Waals surface area contributed by atoms with Gasteiger partial charge >= 0.3 is 11.9 Å². The van der Waals surface area contributed by atoms with Crippen molar-refractivity contribution >= 4 is 55.4 Å². The van der Waals surface area contributed by atoms with Gasteiger partial charge in [0, 0.05) is 20.1 Å². The lowest BCUT2D eigenvalue weighted by Gasteiger charge is -2.08. The van der Waals surface area contributed by atoms with Crippen molar-refractivity contribution in [2.24, 2.45) is 0 Å². The van der Waals surface area contributed by atoms with E-state index >= 15 is 0 Å². The van der Waals surface area contributed by atoms with Gasteiger partial charge in [0.2, 0.25) is 0 Å². The van der Waals surface area contributed by atoms with Crippen LogP contribution in [0, 0.1) is 0 Å². The van der Waals surface area contributed by atoms with Crippen molar-refractivity contribution < 1.29 is 28.7 Å². The first-order valence-corrected chi connectivity index (χ1v) is 13.0. The first-order valence-electron chi connectivity index (χ1n) is 11.4. The molecule has 0 radical (unpaired) electrons. The number of ketones is 2. The number of hydrogen-bond acceptors (Lipinski definition) is 6. The van der Waals surface area contributed by atoms with Crippen molar-refractivity contribution in [1.29, 1.82) is 0 Å². The zero-order valence-electron chi connectivity index (χ0n) is 19.9. The van der Waals surface area contributed by atoms with E-state index in [0.717, 1.165) is 20.1 Å². The molecule has 190 valence electrons. The number of hydrogen-bond donors (Lipinski definition) is 0. The van der Waals surface area contributed by atoms with E-state index in [9.17, 15) is 19.2 Å². The topological polar surface area (TPSA) is 86.7 Å². The van der Waals surface area contributed by atoms with Gasteiger partial charge in [-0.15, -0.1) is 0 Å². The summed E-state index contributed by atoms with van der Waals surface area (Å²) in [6.45, 7) is -0.705. The Labute approximate surface area is 235 Å². The highest BCUT2D eigenvalue weighted by molar-refractivity contribution is 9.10. The minimum Gasteiger partial charge on any atom is -0.454 e. The summed E-state index contributed by atoms with van der Waals surface area (Å²) in [5.74, 6) is -1.78. The number of rotatable bonds is 9. The lowest BCUT2D eigenvalue weighted by Crippen LogP contribution is -2.14. The van der Waals surface area contributed by atoms with Gasteiger partial charge in [-0.3, -0.25) is 9.59 Å². The Morgan fingerprint density at radius 3 is 1.05 bits per heavy atom. The van der Waals surface area contributed by atoms with E-state index in [0.29, 0.717) is 22.3 Å². The molecule has 0 bridgehead atoms. The smallest absolute Gasteiger partial charge is 0.338 e. The van der Waals surface area contributed by atoms with Crippen LogP contribution in [-0.2, 0) is 9.47 Å². The Kier molecular flexibility index (Phi) is 8.99. The molecule has 0 fully saturated rings. The molecule has 0 aromatic heterocycles. The Morgan fingerprint density at radius 2 is 0.737 bits per heavy atom. The van der Waals surface area contributed by atoms with Crippen molar-refractivity contribution in [1.82, 2.24) is 0 Å². The fourth-order valence-electron chi connectivity index (χ4n) is 3.46. The molecule has 4 rings (SSSR count). The molecule has 4 aromatic carbocycles. The Balaban J connectivity index is 1.30. The number of halogens is 2. The van der Waals surface area contributed by atoms with Crippen molar-refractivity contribution in [3.63, 3.8) is 0 Å². The van der Waals surface area contributed by atoms with Crippen LogP contribution in [0.2, 0.25) is 0 Å². The lowest BCUT2D eigenvalue weighted by molar-refractivity contribution is 0.0472. The Hall–Kier alpha value is -3.88. The molecule has 0 saturated heterocycles. The predicted octanol–water partition coefficient (Wildman–Crippen LogP) is 6.96. The second kappa shape index (κ2) is 12.6. The lowest BCUT2D eigenvalue weighted by atomic mass is 10.0. The summed E-state index contributed by atoms with van der Waals surface area (Å²) < 4.78 is 12.0. The van der Waals surface area contributed by atoms with Gasteiger partial charge in [0.1, 0.15) is 0 Å². The molecule has 0 heterocycles. The van der Waals surface area contributed by atoms with Crippen molar-refractivity contribution in [2.45, 2.75) is 0 Å². The summed E-state index contributed by atoms with van der Waals surface area (Å²) in [5, 5.41) is 0. The summed E-state index contributed by atoms with van der Waals surface area (Å²) in [4.78, 5) is 49.1. The highest BCUT2D eigenvalue weighted by Gasteiger charge is 2.14. The van der Waals surface area contributed by atoms with E-state index in [1.807, 2.05) is 0 Å². The van der Waals surface area contributed by atoms with Gasteiger partial charge < -0.3 is 9.47 Å². The fraction of sp³-hybridized carbons (Fsp3) is 0.0667. The SMILES string of the molecule is O=C(COC(=O)c1ccc(-c2ccc(C(=O)OCC(=O)c3ccc(Br)cc3)cc2)cc1)c1ccc(Br)cc1. The number of carbonyl (C=O) groups excluding carboxylic acids is 4. The summed E-state index contributed by atoms with van der Waals surface area (Å²) in [7, 11) is 0. The number of ether oxygens (including phenoxy) is 2. The van der Waals surface area contributed by atoms with Crippen LogP contribution < -0.4 is 0 Å². The fourth-order valence-corrected chi connectivity index (χ4v) is 3.99. The molecule has 4 aromatic rings. The highest BCUT2D eigenvalue weighted by atomic mass is 79.9. The molecule has 0 aliphatic heterocycles. The third kappa shape index (κ3) is 7.12. The molecule has 8 heteroatoms. The van der Waals surface area contributed by atoms with Crippen molar-refractivity contribution in [2.75, 3.05) is 13.2 Å². The number of benzene rings is 4. The van der Waals surface area contributed by atoms with E-state index in [2.05, 4.69) is 31.9 Å². The number of carbonyl (C=O) groups is 4. The van der Waals surface area contributed by atoms with E-state index in [1.165, 1.54) is 0 Å². The monoisotopic (exact) mass is 634 g/mol. The molecule has 0 amide bonds. The zero-order chi connectivity index (χ0) is 27.1. The first kappa shape index (κ1) is 27.2. The average molecular weight is 636 g/mol. The van der Waals surface area contributed by atoms with Gasteiger partial charge in [0.05, 0.1) is 11.1 Å². The van der Waals surface area contributed by atoms with E-state index in [4.69, 9.17) is 9.47 Å². The van der Waals surface area contributed by atoms with Crippen LogP contribution in [-0.4, -0.2) is 36.7 Å². The molecular weight excluding hydrogens is 616 g/mol. The third-order valence-corrected chi connectivity index (χ3v) is 6.63. The summed E-state index contributed by atoms with van der Waals surface area (Å²) in [6, 6.07) is 27.0. The van der Waals surface area contributed by atoms with Gasteiger partial charge in [-0.25, -0.2) is 9.59 Å². The molecule has 0 spiro atoms. The largest absolute Gasteiger partial charge is 0.454 e. The van der Waals surface area contributed by atoms with Crippen LogP contribution in [0.4, 0.5) is 0 Å². The molecular formula is C30H20Br2O6. The average Bonchev–Trinajstić information content (AvgIpc) is 2.95. The zero-order valence-corrected chi connectivity index (χ0v) is 23.0. The number of esters is 2. The van der Waals surface area contributed by atoms with Crippen molar-refractivity contribution in [3.8, 4) is 11.1 Å². The summed E-state index contributed by atoms with van der Waals surface area (Å²) >= 11 is 6.62. The molecule has 0 aliphatic carbocycles. The molecule has 38 heavy (non-hydrogen) atoms. The second-order valence-corrected chi connectivity index (χ2v) is 10.00. The molecule has 0 atom stereocenters. The first-order chi connectivity index (χ1) is 18.3. The predicted molar refractivity (Wildman–Crippen MR) is 149 cm³/mol. The standard InChI is InChI=1S/C30H20Br2O6/c31-25-13-9-21(10-14-25)27(33)17-37-29(35)23-5-1-19(2-6-23)20-3-7-24(8-4-20)30(36)38-18-28(34)22-11-15-26(32)16-12-22/h1-16H,17-18H2. The van der Waals surface area contributed by atoms with E-state index in [-0.39, 0.29) is 24.8 Å². The van der Waals surface area contributed by atoms with Gasteiger partial charge in [0.15, 0.2) is 24.8 Å². The molecule has 6 nitrogen and oxygen atoms in total. The molecule has 0 unspecified atom stereocenters. The Morgan fingerprint density at radius 1 is 0.447 bits per heavy atom. The minimum absolute atomic E-state index is 0.293. The third-order valence-electron chi connectivity index (χ3n) is 5.58. The van der Waals surface area contributed by atoms with E-state index < -0.39 is 11.9 Å². The number of Topliss-reactive ketones (excluding diaryl/α,β-unsaturated/α-hetero) is 2. The maximum absolute atomic E-state index is 12.4. The van der Waals surface area contributed by atoms with Crippen LogP contribution >= 0.6 is 31.9 Å². The van der Waals surface area contributed by atoms with Crippen LogP contribution in [0.25, 0.3) is 11.1 Å². The van der Waals surface area contributed by atoms with Gasteiger partial charge in [-0.05, 0) is 59.7 Å². The minimum atomic E-state index is -0.599. The second-order valence-electron chi connectivity index (χ2n) is 8.17. The Bertz CT molecular complexity index is 1340. The normalized spacial score (nSPS) is 10.5. The highest BCUT2D eigenvalue weighted by Crippen LogP contribution is 2.21. The molecule has 0 N–H and O–H groups in total. The van der Waals surface area contributed by atoms with Crippen LogP contribution in [0.15, 0.2) is 106 Å². The summed E-state index contributed by atoms with van der Waals surface area (Å²) in [5.41, 5.74) is 3.18. The summed E-state index contributed by atoms with van der Waals surface area (Å²) in [6.07, 6.45) is 0. The van der Waals surface area contributed by atoms with Gasteiger partial charge in [0.25, 0.3) is 0 Å². The molecule has 0 aliphatic rings. The van der Waals surface area contributed by atoms with Crippen molar-refractivity contribution in [3.05, 3.63) is 128 Å². The van der Waals surface area contributed by atoms with Crippen LogP contribution in [0.3, 0.4) is 0 Å². The van der Waals surface area contributed by atoms with Crippen LogP contribution in [0.1, 0.15) is 41.4 Å².